The Morgan fingerprint density at radius 2 is 2.00 bits per heavy atom. The fraction of sp³-hybridized carbons (Fsp3) is 0.750. The fourth-order valence-corrected chi connectivity index (χ4v) is 4.23. The Labute approximate surface area is 166 Å². The number of amides is 2. The lowest BCUT2D eigenvalue weighted by Crippen LogP contribution is -2.54. The molecule has 2 aliphatic heterocycles. The van der Waals surface area contributed by atoms with Crippen LogP contribution >= 0.6 is 0 Å². The minimum atomic E-state index is 0.0108. The van der Waals surface area contributed by atoms with Crippen LogP contribution in [0.1, 0.15) is 36.2 Å². The van der Waals surface area contributed by atoms with Gasteiger partial charge in [-0.3, -0.25) is 14.5 Å². The monoisotopic (exact) mass is 389 g/mol. The van der Waals surface area contributed by atoms with Gasteiger partial charge in [0.15, 0.2) is 0 Å². The third kappa shape index (κ3) is 4.38. The highest BCUT2D eigenvalue weighted by atomic mass is 16.5. The Hall–Kier alpha value is -1.93. The summed E-state index contributed by atoms with van der Waals surface area (Å²) in [5, 5.41) is 0. The quantitative estimate of drug-likeness (QED) is 0.712. The zero-order valence-electron chi connectivity index (χ0n) is 16.8. The molecule has 0 spiro atoms. The molecule has 3 heterocycles. The van der Waals surface area contributed by atoms with Crippen LogP contribution in [0.15, 0.2) is 12.5 Å². The molecular formula is C20H31N5O3. The zero-order chi connectivity index (χ0) is 19.5. The molecule has 2 saturated heterocycles. The molecule has 8 heteroatoms. The molecule has 0 bridgehead atoms. The van der Waals surface area contributed by atoms with Crippen LogP contribution in [0.3, 0.4) is 0 Å². The minimum absolute atomic E-state index is 0.0108. The summed E-state index contributed by atoms with van der Waals surface area (Å²) in [6, 6.07) is 0.111. The van der Waals surface area contributed by atoms with Crippen LogP contribution in [-0.4, -0.2) is 94.6 Å². The zero-order valence-corrected chi connectivity index (χ0v) is 16.8. The van der Waals surface area contributed by atoms with Gasteiger partial charge in [-0.25, -0.2) is 4.98 Å². The van der Waals surface area contributed by atoms with Crippen molar-refractivity contribution in [2.75, 3.05) is 52.5 Å². The predicted octanol–water partition coefficient (Wildman–Crippen LogP) is 0.596. The topological polar surface area (TPSA) is 70.9 Å². The number of hydrogen-bond donors (Lipinski definition) is 0. The van der Waals surface area contributed by atoms with Crippen LogP contribution in [-0.2, 0) is 16.6 Å². The van der Waals surface area contributed by atoms with Crippen molar-refractivity contribution in [3.63, 3.8) is 0 Å². The van der Waals surface area contributed by atoms with Crippen LogP contribution in [0.25, 0.3) is 0 Å². The molecule has 3 aliphatic rings. The lowest BCUT2D eigenvalue weighted by Gasteiger charge is -2.40. The summed E-state index contributed by atoms with van der Waals surface area (Å²) in [5.74, 6) is 0.498. The third-order valence-electron chi connectivity index (χ3n) is 6.13. The molecule has 2 amide bonds. The molecule has 1 unspecified atom stereocenters. The van der Waals surface area contributed by atoms with Crippen molar-refractivity contribution in [2.45, 2.75) is 31.7 Å². The first-order chi connectivity index (χ1) is 13.6. The summed E-state index contributed by atoms with van der Waals surface area (Å²) in [6.07, 6.45) is 7.20. The van der Waals surface area contributed by atoms with Gasteiger partial charge in [0.05, 0.1) is 25.7 Å². The summed E-state index contributed by atoms with van der Waals surface area (Å²) in [6.45, 7) is 6.39. The lowest BCUT2D eigenvalue weighted by atomic mass is 10.0. The van der Waals surface area contributed by atoms with Gasteiger partial charge in [0, 0.05) is 58.3 Å². The second-order valence-electron chi connectivity index (χ2n) is 8.20. The van der Waals surface area contributed by atoms with Gasteiger partial charge in [0.2, 0.25) is 5.91 Å². The molecular weight excluding hydrogens is 358 g/mol. The average Bonchev–Trinajstić information content (AvgIpc) is 3.49. The first-order valence-electron chi connectivity index (χ1n) is 10.5. The lowest BCUT2D eigenvalue weighted by molar-refractivity contribution is -0.136. The number of piperidine rings is 1. The van der Waals surface area contributed by atoms with Gasteiger partial charge in [-0.15, -0.1) is 0 Å². The molecule has 3 fully saturated rings. The first-order valence-corrected chi connectivity index (χ1v) is 10.5. The number of likely N-dealkylation sites (tertiary alicyclic amines) is 1. The van der Waals surface area contributed by atoms with Crippen molar-refractivity contribution in [3.05, 3.63) is 18.2 Å². The van der Waals surface area contributed by atoms with Gasteiger partial charge in [0.25, 0.3) is 5.91 Å². The number of aryl methyl sites for hydroxylation is 1. The molecule has 0 aromatic carbocycles. The molecule has 0 radical (unpaired) electrons. The Morgan fingerprint density at radius 1 is 1.21 bits per heavy atom. The molecule has 1 aromatic rings. The number of hydrogen-bond acceptors (Lipinski definition) is 5. The fourth-order valence-electron chi connectivity index (χ4n) is 4.23. The molecule has 1 atom stereocenters. The van der Waals surface area contributed by atoms with Gasteiger partial charge in [0.1, 0.15) is 5.69 Å². The number of nitrogens with zero attached hydrogens (tertiary/aromatic N) is 5. The minimum Gasteiger partial charge on any atom is -0.379 e. The molecule has 1 aromatic heterocycles. The number of carbonyl (C=O) groups is 2. The highest BCUT2D eigenvalue weighted by molar-refractivity contribution is 5.92. The first kappa shape index (κ1) is 19.4. The van der Waals surface area contributed by atoms with Gasteiger partial charge < -0.3 is 19.1 Å². The Morgan fingerprint density at radius 3 is 2.68 bits per heavy atom. The van der Waals surface area contributed by atoms with Gasteiger partial charge in [-0.05, 0) is 25.7 Å². The summed E-state index contributed by atoms with van der Waals surface area (Å²) in [4.78, 5) is 36.3. The van der Waals surface area contributed by atoms with E-state index in [1.165, 1.54) is 0 Å². The van der Waals surface area contributed by atoms with Crippen molar-refractivity contribution < 1.29 is 14.3 Å². The number of aromatic nitrogens is 2. The van der Waals surface area contributed by atoms with E-state index in [1.807, 2.05) is 11.9 Å². The van der Waals surface area contributed by atoms with E-state index in [4.69, 9.17) is 4.74 Å². The number of ether oxygens (including phenoxy) is 1. The SMILES string of the molecule is Cn1cncc1C(=O)N1CCCC(N(CCN2CCOCC2)C(=O)C2CC2)C1. The molecule has 154 valence electrons. The molecule has 1 aliphatic carbocycles. The maximum atomic E-state index is 13.0. The highest BCUT2D eigenvalue weighted by Gasteiger charge is 2.38. The second kappa shape index (κ2) is 8.61. The molecule has 28 heavy (non-hydrogen) atoms. The van der Waals surface area contributed by atoms with E-state index in [-0.39, 0.29) is 23.8 Å². The molecule has 0 N–H and O–H groups in total. The molecule has 8 nitrogen and oxygen atoms in total. The number of rotatable bonds is 6. The molecule has 4 rings (SSSR count). The van der Waals surface area contributed by atoms with E-state index in [2.05, 4.69) is 14.8 Å². The van der Waals surface area contributed by atoms with Crippen molar-refractivity contribution in [2.24, 2.45) is 13.0 Å². The Kier molecular flexibility index (Phi) is 5.96. The Bertz CT molecular complexity index is 696. The highest BCUT2D eigenvalue weighted by Crippen LogP contribution is 2.32. The van der Waals surface area contributed by atoms with Crippen molar-refractivity contribution in [3.8, 4) is 0 Å². The van der Waals surface area contributed by atoms with E-state index in [1.54, 1.807) is 17.1 Å². The van der Waals surface area contributed by atoms with Crippen molar-refractivity contribution in [1.82, 2.24) is 24.3 Å². The standard InChI is InChI=1S/C20H31N5O3/c1-22-15-21-13-18(22)20(27)24-6-2-3-17(14-24)25(19(26)16-4-5-16)8-7-23-9-11-28-12-10-23/h13,15-17H,2-12,14H2,1H3. The molecule has 1 saturated carbocycles. The van der Waals surface area contributed by atoms with E-state index in [0.29, 0.717) is 12.2 Å². The maximum Gasteiger partial charge on any atom is 0.272 e. The van der Waals surface area contributed by atoms with Crippen molar-refractivity contribution >= 4 is 11.8 Å². The summed E-state index contributed by atoms with van der Waals surface area (Å²) in [7, 11) is 1.84. The van der Waals surface area contributed by atoms with E-state index in [0.717, 1.165) is 71.6 Å². The van der Waals surface area contributed by atoms with Gasteiger partial charge in [-0.1, -0.05) is 0 Å². The maximum absolute atomic E-state index is 13.0. The predicted molar refractivity (Wildman–Crippen MR) is 104 cm³/mol. The van der Waals surface area contributed by atoms with Crippen LogP contribution in [0.5, 0.6) is 0 Å². The van der Waals surface area contributed by atoms with Crippen LogP contribution in [0.2, 0.25) is 0 Å². The summed E-state index contributed by atoms with van der Waals surface area (Å²) >= 11 is 0. The van der Waals surface area contributed by atoms with Crippen LogP contribution < -0.4 is 0 Å². The number of morpholine rings is 1. The largest absolute Gasteiger partial charge is 0.379 e. The second-order valence-corrected chi connectivity index (χ2v) is 8.20. The van der Waals surface area contributed by atoms with Crippen LogP contribution in [0, 0.1) is 5.92 Å². The third-order valence-corrected chi connectivity index (χ3v) is 6.13. The van der Waals surface area contributed by atoms with Gasteiger partial charge >= 0.3 is 0 Å². The number of imidazole rings is 1. The average molecular weight is 390 g/mol. The van der Waals surface area contributed by atoms with Gasteiger partial charge in [-0.2, -0.15) is 0 Å². The van der Waals surface area contributed by atoms with Crippen molar-refractivity contribution in [1.29, 1.82) is 0 Å². The Balaban J connectivity index is 1.42. The van der Waals surface area contributed by atoms with E-state index in [9.17, 15) is 9.59 Å². The smallest absolute Gasteiger partial charge is 0.272 e. The van der Waals surface area contributed by atoms with Crippen LogP contribution in [0.4, 0.5) is 0 Å². The summed E-state index contributed by atoms with van der Waals surface area (Å²) in [5.41, 5.74) is 0.606. The summed E-state index contributed by atoms with van der Waals surface area (Å²) < 4.78 is 7.19. The number of carbonyl (C=O) groups excluding carboxylic acids is 2. The van der Waals surface area contributed by atoms with E-state index >= 15 is 0 Å². The normalized spacial score (nSPS) is 23.6. The van der Waals surface area contributed by atoms with E-state index < -0.39 is 0 Å².